The van der Waals surface area contributed by atoms with Gasteiger partial charge in [0.15, 0.2) is 0 Å². The lowest BCUT2D eigenvalue weighted by Gasteiger charge is -2.13. The van der Waals surface area contributed by atoms with Crippen LogP contribution < -0.4 is 9.47 Å². The molecule has 2 N–H and O–H groups in total. The number of phenolic OH excluding ortho intramolecular Hbond substituents is 2. The van der Waals surface area contributed by atoms with Crippen molar-refractivity contribution in [3.63, 3.8) is 0 Å². The molecule has 0 aliphatic heterocycles. The lowest BCUT2D eigenvalue weighted by Crippen LogP contribution is -1.93. The van der Waals surface area contributed by atoms with Gasteiger partial charge in [-0.1, -0.05) is 6.92 Å². The van der Waals surface area contributed by atoms with E-state index in [-0.39, 0.29) is 11.5 Å². The summed E-state index contributed by atoms with van der Waals surface area (Å²) in [5.41, 5.74) is 2.55. The number of benzene rings is 3. The Morgan fingerprint density at radius 1 is 0.692 bits per heavy atom. The van der Waals surface area contributed by atoms with Gasteiger partial charge in [-0.3, -0.25) is 0 Å². The summed E-state index contributed by atoms with van der Waals surface area (Å²) in [6.45, 7) is 5.72. The summed E-state index contributed by atoms with van der Waals surface area (Å²) in [4.78, 5) is 0. The summed E-state index contributed by atoms with van der Waals surface area (Å²) in [6.07, 6.45) is 0.790. The second-order valence-corrected chi connectivity index (χ2v) is 6.22. The van der Waals surface area contributed by atoms with Gasteiger partial charge in [0.1, 0.15) is 34.5 Å². The second-order valence-electron chi connectivity index (χ2n) is 6.22. The van der Waals surface area contributed by atoms with E-state index in [4.69, 9.17) is 9.47 Å². The Hall–Kier alpha value is -3.14. The SMILES string of the molecule is CCc1cc(Oc2ccc(O)c(C)c2)ccc1Oc1ccc(O)c(C)c1. The number of ether oxygens (including phenoxy) is 2. The number of aryl methyl sites for hydroxylation is 3. The number of phenols is 2. The quantitative estimate of drug-likeness (QED) is 0.605. The van der Waals surface area contributed by atoms with Gasteiger partial charge in [0.25, 0.3) is 0 Å². The molecule has 0 fully saturated rings. The van der Waals surface area contributed by atoms with Crippen molar-refractivity contribution in [1.82, 2.24) is 0 Å². The molecule has 0 aromatic heterocycles. The fourth-order valence-corrected chi connectivity index (χ4v) is 2.64. The van der Waals surface area contributed by atoms with Crippen molar-refractivity contribution < 1.29 is 19.7 Å². The molecule has 26 heavy (non-hydrogen) atoms. The molecule has 0 bridgehead atoms. The molecular formula is C22H22O4. The molecule has 4 heteroatoms. The molecule has 4 nitrogen and oxygen atoms in total. The van der Waals surface area contributed by atoms with Crippen LogP contribution in [0.5, 0.6) is 34.5 Å². The van der Waals surface area contributed by atoms with E-state index in [9.17, 15) is 10.2 Å². The van der Waals surface area contributed by atoms with Gasteiger partial charge in [-0.2, -0.15) is 0 Å². The van der Waals surface area contributed by atoms with Gasteiger partial charge in [-0.25, -0.2) is 0 Å². The lowest BCUT2D eigenvalue weighted by molar-refractivity contribution is 0.452. The van der Waals surface area contributed by atoms with Crippen LogP contribution in [-0.2, 0) is 6.42 Å². The smallest absolute Gasteiger partial charge is 0.130 e. The van der Waals surface area contributed by atoms with Gasteiger partial charge in [0, 0.05) is 0 Å². The summed E-state index contributed by atoms with van der Waals surface area (Å²) in [6, 6.07) is 16.0. The number of rotatable bonds is 5. The predicted octanol–water partition coefficient (Wildman–Crippen LogP) is 5.86. The maximum Gasteiger partial charge on any atom is 0.130 e. The summed E-state index contributed by atoms with van der Waals surface area (Å²) in [5.74, 6) is 3.32. The van der Waals surface area contributed by atoms with Gasteiger partial charge < -0.3 is 19.7 Å². The molecule has 3 aromatic rings. The minimum Gasteiger partial charge on any atom is -0.508 e. The van der Waals surface area contributed by atoms with Crippen molar-refractivity contribution >= 4 is 0 Å². The largest absolute Gasteiger partial charge is 0.508 e. The molecule has 134 valence electrons. The minimum absolute atomic E-state index is 0.250. The van der Waals surface area contributed by atoms with E-state index in [1.807, 2.05) is 32.0 Å². The molecule has 3 aromatic carbocycles. The molecule has 3 rings (SSSR count). The highest BCUT2D eigenvalue weighted by atomic mass is 16.5. The predicted molar refractivity (Wildman–Crippen MR) is 102 cm³/mol. The van der Waals surface area contributed by atoms with Crippen molar-refractivity contribution in [3.05, 3.63) is 71.3 Å². The molecule has 0 atom stereocenters. The molecule has 0 unspecified atom stereocenters. The Morgan fingerprint density at radius 2 is 1.19 bits per heavy atom. The van der Waals surface area contributed by atoms with E-state index in [2.05, 4.69) is 6.92 Å². The zero-order chi connectivity index (χ0) is 18.7. The summed E-state index contributed by atoms with van der Waals surface area (Å²) >= 11 is 0. The van der Waals surface area contributed by atoms with Crippen molar-refractivity contribution in [2.45, 2.75) is 27.2 Å². The highest BCUT2D eigenvalue weighted by Crippen LogP contribution is 2.33. The van der Waals surface area contributed by atoms with Crippen molar-refractivity contribution in [2.24, 2.45) is 0 Å². The van der Waals surface area contributed by atoms with Gasteiger partial charge in [0.05, 0.1) is 0 Å². The van der Waals surface area contributed by atoms with Crippen molar-refractivity contribution in [3.8, 4) is 34.5 Å². The van der Waals surface area contributed by atoms with Gasteiger partial charge >= 0.3 is 0 Å². The molecule has 0 aliphatic carbocycles. The molecule has 0 saturated carbocycles. The first kappa shape index (κ1) is 17.7. The molecule has 0 spiro atoms. The molecule has 0 aliphatic rings. The van der Waals surface area contributed by atoms with Gasteiger partial charge in [-0.15, -0.1) is 0 Å². The zero-order valence-electron chi connectivity index (χ0n) is 15.1. The van der Waals surface area contributed by atoms with Crippen LogP contribution in [0.1, 0.15) is 23.6 Å². The van der Waals surface area contributed by atoms with Crippen LogP contribution in [0, 0.1) is 13.8 Å². The Balaban J connectivity index is 1.82. The molecule has 0 amide bonds. The first-order valence-electron chi connectivity index (χ1n) is 8.54. The van der Waals surface area contributed by atoms with Crippen molar-refractivity contribution in [2.75, 3.05) is 0 Å². The fraction of sp³-hybridized carbons (Fsp3) is 0.182. The van der Waals surface area contributed by atoms with Gasteiger partial charge in [-0.05, 0) is 91.6 Å². The summed E-state index contributed by atoms with van der Waals surface area (Å²) < 4.78 is 11.9. The third kappa shape index (κ3) is 3.91. The monoisotopic (exact) mass is 350 g/mol. The van der Waals surface area contributed by atoms with Crippen LogP contribution >= 0.6 is 0 Å². The van der Waals surface area contributed by atoms with Crippen LogP contribution in [0.25, 0.3) is 0 Å². The maximum atomic E-state index is 9.64. The van der Waals surface area contributed by atoms with Crippen LogP contribution in [0.2, 0.25) is 0 Å². The van der Waals surface area contributed by atoms with E-state index in [1.54, 1.807) is 36.4 Å². The van der Waals surface area contributed by atoms with E-state index >= 15 is 0 Å². The van der Waals surface area contributed by atoms with Crippen molar-refractivity contribution in [1.29, 1.82) is 0 Å². The number of hydrogen-bond donors (Lipinski definition) is 2. The van der Waals surface area contributed by atoms with E-state index in [0.29, 0.717) is 17.2 Å². The van der Waals surface area contributed by atoms with Gasteiger partial charge in [0.2, 0.25) is 0 Å². The number of aromatic hydroxyl groups is 2. The summed E-state index contributed by atoms with van der Waals surface area (Å²) in [5, 5.41) is 19.3. The van der Waals surface area contributed by atoms with E-state index < -0.39 is 0 Å². The highest BCUT2D eigenvalue weighted by Gasteiger charge is 2.08. The zero-order valence-corrected chi connectivity index (χ0v) is 15.1. The first-order valence-corrected chi connectivity index (χ1v) is 8.54. The lowest BCUT2D eigenvalue weighted by atomic mass is 10.1. The van der Waals surface area contributed by atoms with E-state index in [0.717, 1.165) is 28.9 Å². The molecular weight excluding hydrogens is 328 g/mol. The average molecular weight is 350 g/mol. The highest BCUT2D eigenvalue weighted by molar-refractivity contribution is 5.47. The molecule has 0 radical (unpaired) electrons. The second kappa shape index (κ2) is 7.40. The average Bonchev–Trinajstić information content (AvgIpc) is 2.62. The van der Waals surface area contributed by atoms with Crippen LogP contribution in [0.3, 0.4) is 0 Å². The molecule has 0 heterocycles. The Bertz CT molecular complexity index is 931. The first-order chi connectivity index (χ1) is 12.5. The normalized spacial score (nSPS) is 10.6. The third-order valence-corrected chi connectivity index (χ3v) is 4.21. The Morgan fingerprint density at radius 3 is 1.73 bits per heavy atom. The fourth-order valence-electron chi connectivity index (χ4n) is 2.64. The topological polar surface area (TPSA) is 58.9 Å². The molecule has 0 saturated heterocycles. The maximum absolute atomic E-state index is 9.64. The Kier molecular flexibility index (Phi) is 5.03. The van der Waals surface area contributed by atoms with E-state index in [1.165, 1.54) is 0 Å². The van der Waals surface area contributed by atoms with Crippen LogP contribution in [0.4, 0.5) is 0 Å². The Labute approximate surface area is 153 Å². The number of hydrogen-bond acceptors (Lipinski definition) is 4. The minimum atomic E-state index is 0.250. The van der Waals surface area contributed by atoms with Crippen LogP contribution in [-0.4, -0.2) is 10.2 Å². The standard InChI is InChI=1S/C22H22O4/c1-4-16-13-19(25-17-5-8-20(23)14(2)11-17)7-10-22(16)26-18-6-9-21(24)15(3)12-18/h5-13,23-24H,4H2,1-3H3. The third-order valence-electron chi connectivity index (χ3n) is 4.21. The summed E-state index contributed by atoms with van der Waals surface area (Å²) in [7, 11) is 0. The van der Waals surface area contributed by atoms with Crippen LogP contribution in [0.15, 0.2) is 54.6 Å².